The minimum absolute atomic E-state index is 0.0861. The monoisotopic (exact) mass is 609 g/mol. The highest BCUT2D eigenvalue weighted by molar-refractivity contribution is 5.83. The van der Waals surface area contributed by atoms with E-state index in [1.54, 1.807) is 10.9 Å². The fourth-order valence-electron chi connectivity index (χ4n) is 3.77. The van der Waals surface area contributed by atoms with Gasteiger partial charge in [-0.25, -0.2) is 9.59 Å². The molecule has 1 unspecified atom stereocenters. The number of nitrogens with zero attached hydrogens (tertiary/aromatic N) is 5. The third-order valence-corrected chi connectivity index (χ3v) is 5.91. The van der Waals surface area contributed by atoms with Crippen molar-refractivity contribution in [2.24, 2.45) is 0 Å². The number of non-ortho nitro benzene ring substituents is 1. The molecule has 0 spiro atoms. The van der Waals surface area contributed by atoms with Crippen molar-refractivity contribution >= 4 is 35.8 Å². The lowest BCUT2D eigenvalue weighted by atomic mass is 10.1. The number of hydrogen-bond donors (Lipinski definition) is 4. The van der Waals surface area contributed by atoms with E-state index in [1.165, 1.54) is 12.1 Å². The molecule has 0 bridgehead atoms. The summed E-state index contributed by atoms with van der Waals surface area (Å²) in [5.74, 6) is -2.62. The molecule has 2 atom stereocenters. The summed E-state index contributed by atoms with van der Waals surface area (Å²) in [5, 5.41) is 52.4. The van der Waals surface area contributed by atoms with E-state index in [-0.39, 0.29) is 49.5 Å². The summed E-state index contributed by atoms with van der Waals surface area (Å²) in [6.45, 7) is 0.776. The molecule has 0 aliphatic rings. The van der Waals surface area contributed by atoms with Crippen LogP contribution in [0.15, 0.2) is 24.4 Å². The molecule has 0 aliphatic heterocycles. The Kier molecular flexibility index (Phi) is 13.9. The van der Waals surface area contributed by atoms with Gasteiger partial charge in [-0.1, -0.05) is 5.21 Å². The van der Waals surface area contributed by atoms with Crippen LogP contribution in [0.5, 0.6) is 0 Å². The fraction of sp³-hybridized carbons (Fsp3) is 0.500. The lowest BCUT2D eigenvalue weighted by Crippen LogP contribution is -2.49. The topological polar surface area (TPSA) is 268 Å². The van der Waals surface area contributed by atoms with Crippen molar-refractivity contribution in [1.82, 2.24) is 25.6 Å². The molecule has 234 valence electrons. The van der Waals surface area contributed by atoms with Crippen LogP contribution in [0.25, 0.3) is 0 Å². The first-order valence-corrected chi connectivity index (χ1v) is 13.0. The van der Waals surface area contributed by atoms with Crippen molar-refractivity contribution in [2.75, 3.05) is 6.61 Å². The quantitative estimate of drug-likeness (QED) is 0.0514. The van der Waals surface area contributed by atoms with Crippen molar-refractivity contribution in [3.05, 3.63) is 55.9 Å². The number of nitro groups is 2. The lowest BCUT2D eigenvalue weighted by molar-refractivity contribution is -0.394. The molecule has 19 nitrogen and oxygen atoms in total. The van der Waals surface area contributed by atoms with E-state index in [2.05, 4.69) is 20.9 Å². The van der Waals surface area contributed by atoms with Crippen LogP contribution in [-0.4, -0.2) is 78.4 Å². The number of amides is 2. The van der Waals surface area contributed by atoms with Crippen LogP contribution in [0.2, 0.25) is 0 Å². The number of unbranched alkanes of at least 4 members (excludes halogenated alkanes) is 1. The normalized spacial score (nSPS) is 12.1. The molecule has 0 fully saturated rings. The summed E-state index contributed by atoms with van der Waals surface area (Å²) in [4.78, 5) is 65.4. The van der Waals surface area contributed by atoms with E-state index >= 15 is 0 Å². The zero-order chi connectivity index (χ0) is 31.8. The number of carbonyl (C=O) groups excluding carboxylic acids is 2. The molecule has 0 saturated heterocycles. The van der Waals surface area contributed by atoms with E-state index in [4.69, 9.17) is 19.7 Å². The smallest absolute Gasteiger partial charge is 0.326 e. The van der Waals surface area contributed by atoms with Gasteiger partial charge in [-0.05, 0) is 38.2 Å². The van der Waals surface area contributed by atoms with Gasteiger partial charge in [0.25, 0.3) is 17.8 Å². The van der Waals surface area contributed by atoms with Crippen LogP contribution in [0.4, 0.5) is 16.2 Å². The summed E-state index contributed by atoms with van der Waals surface area (Å²) < 4.78 is 11.9. The van der Waals surface area contributed by atoms with Gasteiger partial charge in [0.1, 0.15) is 6.04 Å². The van der Waals surface area contributed by atoms with Gasteiger partial charge in [0.05, 0.1) is 33.8 Å². The van der Waals surface area contributed by atoms with Gasteiger partial charge < -0.3 is 30.3 Å². The highest BCUT2D eigenvalue weighted by Gasteiger charge is 2.23. The number of carboxylic acid groups (broad SMARTS) is 2. The summed E-state index contributed by atoms with van der Waals surface area (Å²) >= 11 is 0. The number of benzene rings is 1. The summed E-state index contributed by atoms with van der Waals surface area (Å²) in [5.41, 5.74) is 0.133. The molecule has 2 rings (SSSR count). The largest absolute Gasteiger partial charge is 0.481 e. The van der Waals surface area contributed by atoms with E-state index in [0.29, 0.717) is 37.9 Å². The van der Waals surface area contributed by atoms with Gasteiger partial charge in [0.2, 0.25) is 0 Å². The van der Waals surface area contributed by atoms with Crippen molar-refractivity contribution in [2.45, 2.75) is 70.4 Å². The maximum Gasteiger partial charge on any atom is 0.326 e. The van der Waals surface area contributed by atoms with E-state index < -0.39 is 46.5 Å². The third kappa shape index (κ3) is 12.5. The average molecular weight is 610 g/mol. The minimum Gasteiger partial charge on any atom is -0.481 e. The molecule has 2 aromatic rings. The Hall–Kier alpha value is -5.20. The van der Waals surface area contributed by atoms with Gasteiger partial charge in [0, 0.05) is 38.3 Å². The van der Waals surface area contributed by atoms with Crippen molar-refractivity contribution < 1.29 is 48.7 Å². The summed E-state index contributed by atoms with van der Waals surface area (Å²) in [6, 6.07) is 0.998. The second kappa shape index (κ2) is 17.6. The highest BCUT2D eigenvalue weighted by Crippen LogP contribution is 2.25. The molecule has 4 N–H and O–H groups in total. The number of hydrogen-bond acceptors (Lipinski definition) is 12. The predicted molar refractivity (Wildman–Crippen MR) is 142 cm³/mol. The molecule has 0 saturated carbocycles. The molecule has 0 radical (unpaired) electrons. The average Bonchev–Trinajstić information content (AvgIpc) is 3.40. The molecular formula is C24H31N7O12. The number of aliphatic carboxylic acids is 2. The van der Waals surface area contributed by atoms with Gasteiger partial charge in [-0.2, -0.15) is 0 Å². The van der Waals surface area contributed by atoms with Crippen molar-refractivity contribution in [3.8, 4) is 0 Å². The van der Waals surface area contributed by atoms with Crippen molar-refractivity contribution in [1.29, 1.82) is 0 Å². The third-order valence-electron chi connectivity index (χ3n) is 5.91. The molecule has 0 aliphatic carbocycles. The molecule has 1 aromatic heterocycles. The number of aromatic nitrogens is 3. The minimum atomic E-state index is -1.43. The molecule has 43 heavy (non-hydrogen) atoms. The maximum atomic E-state index is 12.1. The lowest BCUT2D eigenvalue weighted by Gasteiger charge is -2.19. The number of urea groups is 1. The highest BCUT2D eigenvalue weighted by atomic mass is 16.6. The predicted octanol–water partition coefficient (Wildman–Crippen LogP) is 1.53. The zero-order valence-electron chi connectivity index (χ0n) is 22.8. The van der Waals surface area contributed by atoms with Crippen LogP contribution in [0, 0.1) is 20.2 Å². The number of nitro benzene ring substituents is 2. The Bertz CT molecular complexity index is 1290. The number of carbonyl (C=O) groups is 4. The van der Waals surface area contributed by atoms with E-state index in [9.17, 15) is 39.4 Å². The van der Waals surface area contributed by atoms with E-state index in [0.717, 1.165) is 6.07 Å². The molecule has 2 amide bonds. The molecule has 19 heteroatoms. The van der Waals surface area contributed by atoms with Gasteiger partial charge in [0.15, 0.2) is 6.23 Å². The maximum absolute atomic E-state index is 12.1. The first-order valence-electron chi connectivity index (χ1n) is 13.0. The summed E-state index contributed by atoms with van der Waals surface area (Å²) in [7, 11) is 0. The number of nitrogens with one attached hydrogen (secondary N) is 2. The molecular weight excluding hydrogens is 578 g/mol. The Morgan fingerprint density at radius 3 is 2.49 bits per heavy atom. The van der Waals surface area contributed by atoms with Crippen LogP contribution < -0.4 is 10.6 Å². The molecule has 1 aromatic carbocycles. The standard InChI is InChI=1S/C24H31N7O12/c32-15-43-21(26-24(37)25-19(23(35)36)8-9-22(33)34)5-1-2-10-29-13-17(27-28-29)4-3-11-42-14-16-6-7-18(30(38)39)12-20(16)31(40)41/h6-7,12-13,15,19,21H,1-5,8-11,14H2,(H,33,34)(H,35,36)(H2,25,26,37)/t19-,21?/m0/s1. The number of aryl methyl sites for hydroxylation is 2. The number of ether oxygens (including phenoxy) is 2. The SMILES string of the molecule is O=COC(CCCCn1cc(CCCOCc2ccc([N+](=O)[O-])cc2[N+](=O)[O-])nn1)NC(=O)N[C@@H](CCC(=O)O)C(=O)O. The second-order valence-electron chi connectivity index (χ2n) is 9.11. The molecule has 1 heterocycles. The first kappa shape index (κ1) is 34.0. The zero-order valence-corrected chi connectivity index (χ0v) is 22.8. The van der Waals surface area contributed by atoms with Crippen LogP contribution in [0.1, 0.15) is 49.8 Å². The Morgan fingerprint density at radius 1 is 1.07 bits per heavy atom. The summed E-state index contributed by atoms with van der Waals surface area (Å²) in [6.07, 6.45) is 2.23. The van der Waals surface area contributed by atoms with Crippen LogP contribution in [-0.2, 0) is 43.4 Å². The Balaban J connectivity index is 1.70. The van der Waals surface area contributed by atoms with Crippen LogP contribution in [0.3, 0.4) is 0 Å². The number of carboxylic acids is 2. The van der Waals surface area contributed by atoms with Gasteiger partial charge >= 0.3 is 18.0 Å². The van der Waals surface area contributed by atoms with E-state index in [1.807, 2.05) is 0 Å². The van der Waals surface area contributed by atoms with Crippen molar-refractivity contribution in [3.63, 3.8) is 0 Å². The number of rotatable bonds is 21. The van der Waals surface area contributed by atoms with Crippen LogP contribution >= 0.6 is 0 Å². The first-order chi connectivity index (χ1) is 20.5. The van der Waals surface area contributed by atoms with Gasteiger partial charge in [-0.3, -0.25) is 34.5 Å². The second-order valence-corrected chi connectivity index (χ2v) is 9.11. The Labute approximate surface area is 243 Å². The fourth-order valence-corrected chi connectivity index (χ4v) is 3.77. The Morgan fingerprint density at radius 2 is 1.84 bits per heavy atom. The van der Waals surface area contributed by atoms with Gasteiger partial charge in [-0.15, -0.1) is 5.10 Å².